The minimum Gasteiger partial charge on any atom is -0.355 e. The largest absolute Gasteiger partial charge is 0.355 e. The van der Waals surface area contributed by atoms with E-state index in [2.05, 4.69) is 19.5 Å². The van der Waals surface area contributed by atoms with Crippen LogP contribution in [0.4, 0.5) is 5.82 Å². The highest BCUT2D eigenvalue weighted by Gasteiger charge is 2.27. The first-order valence-corrected chi connectivity index (χ1v) is 12.0. The third-order valence-corrected chi connectivity index (χ3v) is 7.58. The van der Waals surface area contributed by atoms with Crippen molar-refractivity contribution in [2.24, 2.45) is 5.92 Å². The number of likely N-dealkylation sites (tertiary alicyclic amines) is 1. The second kappa shape index (κ2) is 8.45. The first-order chi connectivity index (χ1) is 13.1. The smallest absolute Gasteiger partial charge is 0.242 e. The molecule has 1 unspecified atom stereocenters. The van der Waals surface area contributed by atoms with Crippen molar-refractivity contribution in [3.63, 3.8) is 0 Å². The summed E-state index contributed by atoms with van der Waals surface area (Å²) in [4.78, 5) is 9.76. The Morgan fingerprint density at radius 3 is 2.44 bits per heavy atom. The molecule has 3 heterocycles. The Hall–Kier alpha value is -1.18. The van der Waals surface area contributed by atoms with Crippen molar-refractivity contribution in [3.05, 3.63) is 18.3 Å². The summed E-state index contributed by atoms with van der Waals surface area (Å²) in [6.45, 7) is 4.99. The highest BCUT2D eigenvalue weighted by atomic mass is 32.2. The molecule has 0 radical (unpaired) electrons. The Balaban J connectivity index is 1.38. The van der Waals surface area contributed by atoms with Crippen molar-refractivity contribution < 1.29 is 8.42 Å². The standard InChI is InChI=1S/C20H32N4O2S/c25-27(26,22-14-17-7-8-17)19-9-10-20(21-15-19)24-13-5-6-18(16-24)23-11-3-1-2-4-12-23/h9-10,15,17-18,22H,1-8,11-14,16H2. The van der Waals surface area contributed by atoms with E-state index in [1.165, 1.54) is 57.8 Å². The van der Waals surface area contributed by atoms with Crippen molar-refractivity contribution in [3.8, 4) is 0 Å². The van der Waals surface area contributed by atoms with Crippen molar-refractivity contribution >= 4 is 15.8 Å². The number of pyridine rings is 1. The quantitative estimate of drug-likeness (QED) is 0.806. The second-order valence-corrected chi connectivity index (χ2v) is 10.1. The van der Waals surface area contributed by atoms with Crippen LogP contribution >= 0.6 is 0 Å². The summed E-state index contributed by atoms with van der Waals surface area (Å²) in [6, 6.07) is 4.17. The van der Waals surface area contributed by atoms with E-state index in [9.17, 15) is 8.42 Å². The molecule has 7 heteroatoms. The van der Waals surface area contributed by atoms with Gasteiger partial charge >= 0.3 is 0 Å². The second-order valence-electron chi connectivity index (χ2n) is 8.34. The number of nitrogens with one attached hydrogen (secondary N) is 1. The fourth-order valence-electron chi connectivity index (χ4n) is 4.27. The Morgan fingerprint density at radius 1 is 1.00 bits per heavy atom. The van der Waals surface area contributed by atoms with E-state index in [4.69, 9.17) is 0 Å². The van der Waals surface area contributed by atoms with Gasteiger partial charge in [-0.15, -0.1) is 0 Å². The summed E-state index contributed by atoms with van der Waals surface area (Å²) in [5, 5.41) is 0. The lowest BCUT2D eigenvalue weighted by Crippen LogP contribution is -2.48. The lowest BCUT2D eigenvalue weighted by Gasteiger charge is -2.39. The van der Waals surface area contributed by atoms with Gasteiger partial charge in [0, 0.05) is 31.9 Å². The summed E-state index contributed by atoms with van der Waals surface area (Å²) in [5.41, 5.74) is 0. The maximum absolute atomic E-state index is 12.4. The third kappa shape index (κ3) is 5.00. The molecule has 2 saturated heterocycles. The van der Waals surface area contributed by atoms with Crippen LogP contribution in [0.3, 0.4) is 0 Å². The van der Waals surface area contributed by atoms with Gasteiger partial charge in [0.15, 0.2) is 0 Å². The van der Waals surface area contributed by atoms with E-state index in [1.807, 2.05) is 6.07 Å². The minimum absolute atomic E-state index is 0.271. The van der Waals surface area contributed by atoms with Gasteiger partial charge in [-0.1, -0.05) is 12.8 Å². The zero-order valence-corrected chi connectivity index (χ0v) is 17.0. The maximum atomic E-state index is 12.4. The molecule has 0 spiro atoms. The SMILES string of the molecule is O=S(=O)(NCC1CC1)c1ccc(N2CCCC(N3CCCCCC3)C2)nc1. The molecule has 6 nitrogen and oxygen atoms in total. The molecule has 0 aromatic carbocycles. The Labute approximate surface area is 163 Å². The molecule has 1 N–H and O–H groups in total. The zero-order chi connectivity index (χ0) is 18.7. The molecule has 1 aliphatic carbocycles. The topological polar surface area (TPSA) is 65.5 Å². The summed E-state index contributed by atoms with van der Waals surface area (Å²) in [7, 11) is -3.43. The van der Waals surface area contributed by atoms with Crippen molar-refractivity contribution in [1.29, 1.82) is 0 Å². The molecular weight excluding hydrogens is 360 g/mol. The Bertz CT molecular complexity index is 710. The molecule has 1 saturated carbocycles. The van der Waals surface area contributed by atoms with Gasteiger partial charge in [0.2, 0.25) is 10.0 Å². The maximum Gasteiger partial charge on any atom is 0.242 e. The predicted molar refractivity (Wildman–Crippen MR) is 107 cm³/mol. The Morgan fingerprint density at radius 2 is 1.78 bits per heavy atom. The van der Waals surface area contributed by atoms with E-state index < -0.39 is 10.0 Å². The van der Waals surface area contributed by atoms with Crippen LogP contribution < -0.4 is 9.62 Å². The van der Waals surface area contributed by atoms with Gasteiger partial charge in [0.1, 0.15) is 10.7 Å². The van der Waals surface area contributed by atoms with Crippen LogP contribution in [0.25, 0.3) is 0 Å². The highest BCUT2D eigenvalue weighted by Crippen LogP contribution is 2.28. The third-order valence-electron chi connectivity index (χ3n) is 6.17. The number of piperidine rings is 1. The molecule has 3 aliphatic rings. The van der Waals surface area contributed by atoms with Gasteiger partial charge in [0.25, 0.3) is 0 Å². The molecule has 1 aromatic heterocycles. The minimum atomic E-state index is -3.43. The summed E-state index contributed by atoms with van der Waals surface area (Å²) < 4.78 is 27.4. The van der Waals surface area contributed by atoms with Gasteiger partial charge in [-0.2, -0.15) is 0 Å². The molecule has 2 aliphatic heterocycles. The number of hydrogen-bond donors (Lipinski definition) is 1. The molecule has 1 atom stereocenters. The number of rotatable bonds is 6. The van der Waals surface area contributed by atoms with Gasteiger partial charge in [-0.05, 0) is 69.7 Å². The lowest BCUT2D eigenvalue weighted by atomic mass is 10.0. The summed E-state index contributed by atoms with van der Waals surface area (Å²) in [6.07, 6.45) is 11.6. The van der Waals surface area contributed by atoms with Crippen LogP contribution in [0.1, 0.15) is 51.4 Å². The highest BCUT2D eigenvalue weighted by molar-refractivity contribution is 7.89. The molecule has 3 fully saturated rings. The van der Waals surface area contributed by atoms with Crippen LogP contribution in [0, 0.1) is 5.92 Å². The van der Waals surface area contributed by atoms with Crippen LogP contribution in [0.5, 0.6) is 0 Å². The fourth-order valence-corrected chi connectivity index (χ4v) is 5.33. The van der Waals surface area contributed by atoms with Gasteiger partial charge < -0.3 is 4.90 Å². The van der Waals surface area contributed by atoms with E-state index >= 15 is 0 Å². The predicted octanol–water partition coefficient (Wildman–Crippen LogP) is 2.61. The lowest BCUT2D eigenvalue weighted by molar-refractivity contribution is 0.182. The van der Waals surface area contributed by atoms with Crippen LogP contribution in [-0.4, -0.2) is 57.1 Å². The first-order valence-electron chi connectivity index (χ1n) is 10.6. The van der Waals surface area contributed by atoms with E-state index in [1.54, 1.807) is 6.07 Å². The molecular formula is C20H32N4O2S. The summed E-state index contributed by atoms with van der Waals surface area (Å²) >= 11 is 0. The molecule has 150 valence electrons. The molecule has 0 amide bonds. The van der Waals surface area contributed by atoms with Crippen molar-refractivity contribution in [2.75, 3.05) is 37.6 Å². The normalized spacial score (nSPS) is 25.3. The molecule has 4 rings (SSSR count). The van der Waals surface area contributed by atoms with Crippen LogP contribution in [-0.2, 0) is 10.0 Å². The van der Waals surface area contributed by atoms with Gasteiger partial charge in [0.05, 0.1) is 0 Å². The first kappa shape index (κ1) is 19.2. The van der Waals surface area contributed by atoms with E-state index in [0.29, 0.717) is 18.5 Å². The van der Waals surface area contributed by atoms with E-state index in [0.717, 1.165) is 31.7 Å². The van der Waals surface area contributed by atoms with E-state index in [-0.39, 0.29) is 4.90 Å². The average molecular weight is 393 g/mol. The number of aromatic nitrogens is 1. The van der Waals surface area contributed by atoms with Gasteiger partial charge in [-0.25, -0.2) is 18.1 Å². The fraction of sp³-hybridized carbons (Fsp3) is 0.750. The van der Waals surface area contributed by atoms with Gasteiger partial charge in [-0.3, -0.25) is 4.90 Å². The zero-order valence-electron chi connectivity index (χ0n) is 16.1. The summed E-state index contributed by atoms with van der Waals surface area (Å²) in [5.74, 6) is 1.42. The van der Waals surface area contributed by atoms with Crippen LogP contribution in [0.2, 0.25) is 0 Å². The number of anilines is 1. The van der Waals surface area contributed by atoms with Crippen molar-refractivity contribution in [2.45, 2.75) is 62.3 Å². The molecule has 1 aromatic rings. The average Bonchev–Trinajstić information content (AvgIpc) is 3.53. The van der Waals surface area contributed by atoms with Crippen LogP contribution in [0.15, 0.2) is 23.2 Å². The van der Waals surface area contributed by atoms with Crippen molar-refractivity contribution in [1.82, 2.24) is 14.6 Å². The molecule has 0 bridgehead atoms. The molecule has 27 heavy (non-hydrogen) atoms. The monoisotopic (exact) mass is 392 g/mol. The number of nitrogens with zero attached hydrogens (tertiary/aromatic N) is 3. The number of sulfonamides is 1. The Kier molecular flexibility index (Phi) is 5.99. The number of hydrogen-bond acceptors (Lipinski definition) is 5.